The summed E-state index contributed by atoms with van der Waals surface area (Å²) >= 11 is 0. The fourth-order valence-electron chi connectivity index (χ4n) is 0.565. The number of sulfone groups is 1. The highest BCUT2D eigenvalue weighted by molar-refractivity contribution is 7.98. The van der Waals surface area contributed by atoms with Crippen LogP contribution in [0.2, 0.25) is 0 Å². The summed E-state index contributed by atoms with van der Waals surface area (Å²) in [6.45, 7) is 2.93. The molecule has 0 aliphatic carbocycles. The van der Waals surface area contributed by atoms with E-state index in [1.807, 2.05) is 0 Å². The molecular formula is C4H11O3PS. The maximum Gasteiger partial charge on any atom is 0.154 e. The molecule has 0 aliphatic heterocycles. The largest absolute Gasteiger partial charge is 0.323 e. The van der Waals surface area contributed by atoms with Gasteiger partial charge in [-0.15, -0.1) is 0 Å². The maximum atomic E-state index is 10.9. The first-order chi connectivity index (χ1) is 3.71. The Labute approximate surface area is 55.7 Å². The molecule has 0 aromatic carbocycles. The molecule has 3 nitrogen and oxygen atoms in total. The van der Waals surface area contributed by atoms with E-state index in [1.165, 1.54) is 13.3 Å². The molecule has 0 rings (SSSR count). The van der Waals surface area contributed by atoms with E-state index in [1.54, 1.807) is 0 Å². The smallest absolute Gasteiger partial charge is 0.154 e. The molecule has 0 spiro atoms. The van der Waals surface area contributed by atoms with Gasteiger partial charge in [-0.25, -0.2) is 8.42 Å². The van der Waals surface area contributed by atoms with Crippen LogP contribution in [-0.4, -0.2) is 33.5 Å². The van der Waals surface area contributed by atoms with Crippen molar-refractivity contribution in [3.05, 3.63) is 0 Å². The third kappa shape index (κ3) is 8.18. The van der Waals surface area contributed by atoms with Gasteiger partial charge in [0.1, 0.15) is 5.49 Å². The fraction of sp³-hybridized carbons (Fsp3) is 1.00. The molecule has 5 heteroatoms. The summed E-state index contributed by atoms with van der Waals surface area (Å²) < 4.78 is 31.8. The van der Waals surface area contributed by atoms with Crippen molar-refractivity contribution >= 4 is 17.0 Å². The van der Waals surface area contributed by atoms with Crippen molar-refractivity contribution in [2.24, 2.45) is 0 Å². The predicted molar refractivity (Wildman–Crippen MR) is 39.2 cm³/mol. The molecule has 0 fully saturated rings. The minimum Gasteiger partial charge on any atom is -0.323 e. The number of hydrogen-bond donors (Lipinski definition) is 0. The lowest BCUT2D eigenvalue weighted by atomic mass is 11.8. The Kier molecular flexibility index (Phi) is 2.48. The molecule has 0 atom stereocenters. The summed E-state index contributed by atoms with van der Waals surface area (Å²) in [6, 6.07) is 0. The molecule has 0 unspecified atom stereocenters. The topological polar surface area (TPSA) is 51.2 Å². The minimum absolute atomic E-state index is 0.181. The van der Waals surface area contributed by atoms with E-state index in [0.717, 1.165) is 6.26 Å². The Morgan fingerprint density at radius 1 is 1.33 bits per heavy atom. The molecule has 0 aromatic rings. The molecule has 0 heterocycles. The normalized spacial score (nSPS) is 13.7. The van der Waals surface area contributed by atoms with Gasteiger partial charge in [0.2, 0.25) is 0 Å². The third-order valence-corrected chi connectivity index (χ3v) is 4.91. The van der Waals surface area contributed by atoms with Gasteiger partial charge in [-0.3, -0.25) is 0 Å². The van der Waals surface area contributed by atoms with Gasteiger partial charge >= 0.3 is 0 Å². The first kappa shape index (κ1) is 9.18. The van der Waals surface area contributed by atoms with Crippen molar-refractivity contribution in [1.29, 1.82) is 0 Å². The van der Waals surface area contributed by atoms with E-state index >= 15 is 0 Å². The molecule has 0 bridgehead atoms. The van der Waals surface area contributed by atoms with Gasteiger partial charge in [0.25, 0.3) is 0 Å². The Bertz CT molecular complexity index is 222. The summed E-state index contributed by atoms with van der Waals surface area (Å²) in [5.41, 5.74) is -0.181. The second-order valence-corrected chi connectivity index (χ2v) is 8.66. The predicted octanol–water partition coefficient (Wildman–Crippen LogP) is 0.611. The summed E-state index contributed by atoms with van der Waals surface area (Å²) in [5, 5.41) is 0. The van der Waals surface area contributed by atoms with Gasteiger partial charge in [0, 0.05) is 6.26 Å². The van der Waals surface area contributed by atoms with E-state index in [0.29, 0.717) is 0 Å². The van der Waals surface area contributed by atoms with Gasteiger partial charge < -0.3 is 4.57 Å². The zero-order valence-corrected chi connectivity index (χ0v) is 7.50. The Hall–Kier alpha value is 0.180. The summed E-state index contributed by atoms with van der Waals surface area (Å²) in [4.78, 5) is 0. The van der Waals surface area contributed by atoms with Crippen molar-refractivity contribution < 1.29 is 13.0 Å². The molecule has 0 aliphatic rings. The van der Waals surface area contributed by atoms with Crippen molar-refractivity contribution in [3.8, 4) is 0 Å². The van der Waals surface area contributed by atoms with Crippen LogP contribution in [0.1, 0.15) is 0 Å². The maximum absolute atomic E-state index is 10.9. The highest BCUT2D eigenvalue weighted by Gasteiger charge is 2.14. The highest BCUT2D eigenvalue weighted by atomic mass is 32.2. The average molecular weight is 170 g/mol. The monoisotopic (exact) mass is 170 g/mol. The van der Waals surface area contributed by atoms with E-state index in [-0.39, 0.29) is 5.49 Å². The second kappa shape index (κ2) is 2.43. The van der Waals surface area contributed by atoms with Crippen LogP contribution < -0.4 is 0 Å². The zero-order chi connectivity index (χ0) is 7.71. The van der Waals surface area contributed by atoms with Crippen LogP contribution in [0.25, 0.3) is 0 Å². The second-order valence-electron chi connectivity index (χ2n) is 2.63. The number of hydrogen-bond acceptors (Lipinski definition) is 3. The summed E-state index contributed by atoms with van der Waals surface area (Å²) in [6.07, 6.45) is 1.09. The van der Waals surface area contributed by atoms with E-state index in [2.05, 4.69) is 0 Å². The Morgan fingerprint density at radius 3 is 1.67 bits per heavy atom. The van der Waals surface area contributed by atoms with Crippen LogP contribution in [0, 0.1) is 0 Å². The molecule has 9 heavy (non-hydrogen) atoms. The van der Waals surface area contributed by atoms with Gasteiger partial charge in [-0.1, -0.05) is 0 Å². The van der Waals surface area contributed by atoms with Crippen LogP contribution in [0.4, 0.5) is 0 Å². The molecule has 0 aromatic heterocycles. The number of rotatable bonds is 2. The van der Waals surface area contributed by atoms with Crippen molar-refractivity contribution in [2.45, 2.75) is 0 Å². The third-order valence-electron chi connectivity index (χ3n) is 0.545. The van der Waals surface area contributed by atoms with Gasteiger partial charge in [-0.2, -0.15) is 0 Å². The highest BCUT2D eigenvalue weighted by Crippen LogP contribution is 2.36. The van der Waals surface area contributed by atoms with Gasteiger partial charge in [0.15, 0.2) is 9.84 Å². The van der Waals surface area contributed by atoms with Crippen LogP contribution in [0.3, 0.4) is 0 Å². The lowest BCUT2D eigenvalue weighted by Gasteiger charge is -2.01. The Balaban J connectivity index is 4.26. The minimum atomic E-state index is -3.04. The molecule has 0 saturated heterocycles. The summed E-state index contributed by atoms with van der Waals surface area (Å²) in [5.74, 6) is 0. The molecule has 0 N–H and O–H groups in total. The fourth-order valence-corrected chi connectivity index (χ4v) is 5.08. The first-order valence-corrected chi connectivity index (χ1v) is 7.27. The average Bonchev–Trinajstić information content (AvgIpc) is 1.14. The van der Waals surface area contributed by atoms with Crippen LogP contribution >= 0.6 is 7.14 Å². The van der Waals surface area contributed by atoms with Crippen LogP contribution in [-0.2, 0) is 14.4 Å². The van der Waals surface area contributed by atoms with Crippen molar-refractivity contribution in [1.82, 2.24) is 0 Å². The zero-order valence-electron chi connectivity index (χ0n) is 5.79. The summed E-state index contributed by atoms with van der Waals surface area (Å²) in [7, 11) is -5.42. The standard InChI is InChI=1S/C4H11O3PS/c1-8(2,5)4-9(3,6)7/h4H2,1-3H3. The quantitative estimate of drug-likeness (QED) is 0.570. The van der Waals surface area contributed by atoms with Crippen molar-refractivity contribution in [2.75, 3.05) is 25.1 Å². The van der Waals surface area contributed by atoms with E-state index < -0.39 is 17.0 Å². The van der Waals surface area contributed by atoms with Crippen LogP contribution in [0.15, 0.2) is 0 Å². The van der Waals surface area contributed by atoms with E-state index in [9.17, 15) is 13.0 Å². The lowest BCUT2D eigenvalue weighted by molar-refractivity contribution is 0.582. The van der Waals surface area contributed by atoms with Gasteiger partial charge in [0.05, 0.1) is 7.14 Å². The SMILES string of the molecule is CP(C)(=O)CS(C)(=O)=O. The van der Waals surface area contributed by atoms with Gasteiger partial charge in [-0.05, 0) is 13.3 Å². The molecular weight excluding hydrogens is 159 g/mol. The molecule has 0 saturated carbocycles. The molecule has 0 radical (unpaired) electrons. The lowest BCUT2D eigenvalue weighted by Crippen LogP contribution is -2.01. The van der Waals surface area contributed by atoms with E-state index in [4.69, 9.17) is 0 Å². The van der Waals surface area contributed by atoms with Crippen molar-refractivity contribution in [3.63, 3.8) is 0 Å². The van der Waals surface area contributed by atoms with Crippen LogP contribution in [0.5, 0.6) is 0 Å². The Morgan fingerprint density at radius 2 is 1.67 bits per heavy atom. The molecule has 56 valence electrons. The molecule has 0 amide bonds. The first-order valence-electron chi connectivity index (χ1n) is 2.42.